The lowest BCUT2D eigenvalue weighted by molar-refractivity contribution is -0.142. The lowest BCUT2D eigenvalue weighted by Crippen LogP contribution is -2.35. The summed E-state index contributed by atoms with van der Waals surface area (Å²) in [6.45, 7) is 1.75. The fourth-order valence-corrected chi connectivity index (χ4v) is 4.54. The number of halogens is 1. The Balaban J connectivity index is 1.51. The fraction of sp³-hybridized carbons (Fsp3) is 0.107. The fourth-order valence-electron chi connectivity index (χ4n) is 4.27. The monoisotopic (exact) mass is 545 g/mol. The van der Waals surface area contributed by atoms with Gasteiger partial charge in [-0.1, -0.05) is 58.4 Å². The van der Waals surface area contributed by atoms with Crippen LogP contribution in [0.3, 0.4) is 0 Å². The second-order valence-corrected chi connectivity index (χ2v) is 9.34. The number of furan rings is 1. The SMILES string of the molecule is Cc1c(CC(=O)N[C@H](C(=O)O)c2ccccc2)c(=O)oc2cc3occ(-c4ccc(Br)cc4)c3cc12. The Hall–Kier alpha value is -4.17. The molecule has 0 aliphatic carbocycles. The summed E-state index contributed by atoms with van der Waals surface area (Å²) in [4.78, 5) is 37.3. The van der Waals surface area contributed by atoms with E-state index in [0.717, 1.165) is 21.0 Å². The summed E-state index contributed by atoms with van der Waals surface area (Å²) in [5.41, 5.74) is 3.31. The smallest absolute Gasteiger partial charge is 0.340 e. The molecule has 0 aliphatic heterocycles. The van der Waals surface area contributed by atoms with E-state index in [-0.39, 0.29) is 12.0 Å². The molecule has 1 atom stereocenters. The topological polar surface area (TPSA) is 110 Å². The van der Waals surface area contributed by atoms with Crippen molar-refractivity contribution in [2.75, 3.05) is 0 Å². The van der Waals surface area contributed by atoms with Crippen molar-refractivity contribution in [3.63, 3.8) is 0 Å². The van der Waals surface area contributed by atoms with Crippen LogP contribution in [-0.2, 0) is 16.0 Å². The van der Waals surface area contributed by atoms with E-state index in [1.54, 1.807) is 49.6 Å². The predicted octanol–water partition coefficient (Wildman–Crippen LogP) is 5.76. The summed E-state index contributed by atoms with van der Waals surface area (Å²) in [5.74, 6) is -1.79. The van der Waals surface area contributed by atoms with E-state index in [4.69, 9.17) is 8.83 Å². The minimum absolute atomic E-state index is 0.172. The van der Waals surface area contributed by atoms with Gasteiger partial charge in [0, 0.05) is 26.9 Å². The summed E-state index contributed by atoms with van der Waals surface area (Å²) in [6, 6.07) is 18.5. The lowest BCUT2D eigenvalue weighted by Gasteiger charge is -2.15. The number of carboxylic acid groups (broad SMARTS) is 1. The van der Waals surface area contributed by atoms with E-state index in [2.05, 4.69) is 21.2 Å². The summed E-state index contributed by atoms with van der Waals surface area (Å²) in [6.07, 6.45) is 1.34. The van der Waals surface area contributed by atoms with Crippen molar-refractivity contribution in [3.05, 3.63) is 105 Å². The van der Waals surface area contributed by atoms with Crippen LogP contribution < -0.4 is 10.9 Å². The molecule has 5 aromatic rings. The summed E-state index contributed by atoms with van der Waals surface area (Å²) < 4.78 is 12.2. The number of amides is 1. The van der Waals surface area contributed by atoms with Gasteiger partial charge in [0.15, 0.2) is 6.04 Å². The molecular formula is C28H20BrNO6. The number of hydrogen-bond donors (Lipinski definition) is 2. The maximum absolute atomic E-state index is 12.8. The minimum Gasteiger partial charge on any atom is -0.479 e. The summed E-state index contributed by atoms with van der Waals surface area (Å²) in [5, 5.41) is 13.6. The average molecular weight is 546 g/mol. The number of aliphatic carboxylic acids is 1. The van der Waals surface area contributed by atoms with Gasteiger partial charge in [0.2, 0.25) is 5.91 Å². The molecule has 1 amide bonds. The molecule has 8 heteroatoms. The number of hydrogen-bond acceptors (Lipinski definition) is 5. The minimum atomic E-state index is -1.23. The average Bonchev–Trinajstić information content (AvgIpc) is 3.27. The maximum Gasteiger partial charge on any atom is 0.340 e. The Labute approximate surface area is 213 Å². The van der Waals surface area contributed by atoms with Crippen molar-refractivity contribution in [2.24, 2.45) is 0 Å². The third kappa shape index (κ3) is 4.43. The van der Waals surface area contributed by atoms with Gasteiger partial charge in [0.05, 0.1) is 18.2 Å². The van der Waals surface area contributed by atoms with Gasteiger partial charge in [-0.2, -0.15) is 0 Å². The van der Waals surface area contributed by atoms with Gasteiger partial charge >= 0.3 is 11.6 Å². The molecule has 3 aromatic carbocycles. The molecule has 0 saturated heterocycles. The van der Waals surface area contributed by atoms with Crippen molar-refractivity contribution in [1.82, 2.24) is 5.32 Å². The predicted molar refractivity (Wildman–Crippen MR) is 139 cm³/mol. The normalized spacial score (nSPS) is 12.1. The second kappa shape index (κ2) is 9.47. The second-order valence-electron chi connectivity index (χ2n) is 8.42. The number of nitrogens with one attached hydrogen (secondary N) is 1. The van der Waals surface area contributed by atoms with Crippen LogP contribution >= 0.6 is 15.9 Å². The van der Waals surface area contributed by atoms with Gasteiger partial charge in [-0.25, -0.2) is 9.59 Å². The quantitative estimate of drug-likeness (QED) is 0.262. The zero-order valence-electron chi connectivity index (χ0n) is 19.1. The number of fused-ring (bicyclic) bond motifs is 2. The molecule has 2 heterocycles. The molecule has 2 N–H and O–H groups in total. The molecule has 7 nitrogen and oxygen atoms in total. The first kappa shape index (κ1) is 23.6. The number of benzene rings is 3. The number of carbonyl (C=O) groups excluding carboxylic acids is 1. The lowest BCUT2D eigenvalue weighted by atomic mass is 9.99. The molecule has 5 rings (SSSR count). The van der Waals surface area contributed by atoms with Crippen LogP contribution in [0.2, 0.25) is 0 Å². The van der Waals surface area contributed by atoms with Crippen LogP contribution in [0.1, 0.15) is 22.7 Å². The molecule has 0 unspecified atom stereocenters. The third-order valence-corrected chi connectivity index (χ3v) is 6.69. The molecular weight excluding hydrogens is 526 g/mol. The van der Waals surface area contributed by atoms with Crippen LogP contribution in [0, 0.1) is 6.92 Å². The molecule has 0 fully saturated rings. The van der Waals surface area contributed by atoms with Gasteiger partial charge in [-0.05, 0) is 41.8 Å². The highest BCUT2D eigenvalue weighted by Crippen LogP contribution is 2.35. The highest BCUT2D eigenvalue weighted by Gasteiger charge is 2.24. The molecule has 36 heavy (non-hydrogen) atoms. The molecule has 0 aliphatic rings. The highest BCUT2D eigenvalue weighted by molar-refractivity contribution is 9.10. The molecule has 180 valence electrons. The van der Waals surface area contributed by atoms with Gasteiger partial charge in [0.1, 0.15) is 11.2 Å². The number of carboxylic acids is 1. The van der Waals surface area contributed by atoms with Crippen molar-refractivity contribution < 1.29 is 23.5 Å². The first-order chi connectivity index (χ1) is 17.3. The van der Waals surface area contributed by atoms with Gasteiger partial charge in [-0.3, -0.25) is 4.79 Å². The van der Waals surface area contributed by atoms with E-state index >= 15 is 0 Å². The first-order valence-corrected chi connectivity index (χ1v) is 11.9. The van der Waals surface area contributed by atoms with Crippen molar-refractivity contribution in [1.29, 1.82) is 0 Å². The van der Waals surface area contributed by atoms with Crippen molar-refractivity contribution in [3.8, 4) is 11.1 Å². The zero-order valence-corrected chi connectivity index (χ0v) is 20.7. The Morgan fingerprint density at radius 1 is 1.00 bits per heavy atom. The Kier molecular flexibility index (Phi) is 6.20. The van der Waals surface area contributed by atoms with Crippen LogP contribution in [0.4, 0.5) is 0 Å². The van der Waals surface area contributed by atoms with Crippen LogP contribution in [-0.4, -0.2) is 17.0 Å². The van der Waals surface area contributed by atoms with E-state index in [9.17, 15) is 19.5 Å². The number of carbonyl (C=O) groups is 2. The number of rotatable bonds is 6. The van der Waals surface area contributed by atoms with E-state index < -0.39 is 23.5 Å². The van der Waals surface area contributed by atoms with Crippen molar-refractivity contribution in [2.45, 2.75) is 19.4 Å². The molecule has 2 aromatic heterocycles. The van der Waals surface area contributed by atoms with Crippen LogP contribution in [0.25, 0.3) is 33.1 Å². The summed E-state index contributed by atoms with van der Waals surface area (Å²) in [7, 11) is 0. The van der Waals surface area contributed by atoms with Crippen molar-refractivity contribution >= 4 is 49.7 Å². The Morgan fingerprint density at radius 2 is 1.72 bits per heavy atom. The van der Waals surface area contributed by atoms with Crippen LogP contribution in [0.5, 0.6) is 0 Å². The van der Waals surface area contributed by atoms with E-state index in [1.807, 2.05) is 30.3 Å². The largest absolute Gasteiger partial charge is 0.479 e. The van der Waals surface area contributed by atoms with Gasteiger partial charge < -0.3 is 19.3 Å². The van der Waals surface area contributed by atoms with Gasteiger partial charge in [0.25, 0.3) is 0 Å². The molecule has 0 radical (unpaired) electrons. The van der Waals surface area contributed by atoms with Crippen LogP contribution in [0.15, 0.2) is 91.1 Å². The molecule has 0 spiro atoms. The highest BCUT2D eigenvalue weighted by atomic mass is 79.9. The van der Waals surface area contributed by atoms with E-state index in [1.165, 1.54) is 0 Å². The maximum atomic E-state index is 12.8. The number of aryl methyl sites for hydroxylation is 1. The van der Waals surface area contributed by atoms with Gasteiger partial charge in [-0.15, -0.1) is 0 Å². The zero-order chi connectivity index (χ0) is 25.4. The third-order valence-electron chi connectivity index (χ3n) is 6.16. The standard InChI is InChI=1S/C28H20BrNO6/c1-15-19-11-21-22(16-7-9-18(29)10-8-16)14-35-23(21)13-24(19)36-28(34)20(15)12-25(31)30-26(27(32)33)17-5-3-2-4-6-17/h2-11,13-14,26H,12H2,1H3,(H,30,31)(H,32,33)/t26-/m0/s1. The first-order valence-electron chi connectivity index (χ1n) is 11.1. The van der Waals surface area contributed by atoms with E-state index in [0.29, 0.717) is 27.7 Å². The Bertz CT molecular complexity index is 1670. The molecule has 0 saturated carbocycles. The summed E-state index contributed by atoms with van der Waals surface area (Å²) >= 11 is 3.44. The molecule has 0 bridgehead atoms. The Morgan fingerprint density at radius 3 is 2.42 bits per heavy atom.